The minimum atomic E-state index is -1.19. The molecular formula is C19H24N2O3. The Morgan fingerprint density at radius 3 is 2.58 bits per heavy atom. The number of rotatable bonds is 3. The number of benzene rings is 2. The summed E-state index contributed by atoms with van der Waals surface area (Å²) < 4.78 is 0. The molecule has 0 aromatic heterocycles. The van der Waals surface area contributed by atoms with Crippen molar-refractivity contribution in [1.82, 2.24) is 4.90 Å². The molecule has 5 heteroatoms. The van der Waals surface area contributed by atoms with Crippen molar-refractivity contribution in [2.24, 2.45) is 0 Å². The predicted molar refractivity (Wildman–Crippen MR) is 95.4 cm³/mol. The molecule has 1 aliphatic heterocycles. The van der Waals surface area contributed by atoms with Crippen LogP contribution in [0.2, 0.25) is 0 Å². The van der Waals surface area contributed by atoms with Gasteiger partial charge in [-0.2, -0.15) is 0 Å². The Morgan fingerprint density at radius 1 is 1.21 bits per heavy atom. The molecule has 1 unspecified atom stereocenters. The third-order valence-corrected chi connectivity index (χ3v) is 4.75. The molecule has 0 saturated carbocycles. The van der Waals surface area contributed by atoms with Crippen LogP contribution < -0.4 is 4.90 Å². The summed E-state index contributed by atoms with van der Waals surface area (Å²) in [6.07, 6.45) is 1.21. The first kappa shape index (κ1) is 16.7. The van der Waals surface area contributed by atoms with Crippen LogP contribution >= 0.6 is 0 Å². The Morgan fingerprint density at radius 2 is 1.92 bits per heavy atom. The Hall–Kier alpha value is -2.11. The van der Waals surface area contributed by atoms with Crippen molar-refractivity contribution in [3.63, 3.8) is 0 Å². The van der Waals surface area contributed by atoms with Gasteiger partial charge >= 0.3 is 0 Å². The molecule has 2 N–H and O–H groups in total. The molecule has 1 saturated heterocycles. The second-order valence-electron chi connectivity index (χ2n) is 6.78. The van der Waals surface area contributed by atoms with Crippen LogP contribution in [0.4, 0.5) is 5.69 Å². The molecule has 1 atom stereocenters. The maximum Gasteiger partial charge on any atom is 0.254 e. The van der Waals surface area contributed by atoms with Gasteiger partial charge in [-0.1, -0.05) is 24.3 Å². The van der Waals surface area contributed by atoms with Crippen molar-refractivity contribution in [3.8, 4) is 0 Å². The molecule has 5 nitrogen and oxygen atoms in total. The smallest absolute Gasteiger partial charge is 0.254 e. The van der Waals surface area contributed by atoms with Gasteiger partial charge in [0.25, 0.3) is 5.91 Å². The number of aliphatic hydroxyl groups excluding tert-OH is 1. The van der Waals surface area contributed by atoms with E-state index in [1.54, 1.807) is 4.90 Å². The normalized spacial score (nSPS) is 21.1. The fourth-order valence-electron chi connectivity index (χ4n) is 3.44. The van der Waals surface area contributed by atoms with Crippen molar-refractivity contribution in [3.05, 3.63) is 42.0 Å². The highest BCUT2D eigenvalue weighted by Crippen LogP contribution is 2.30. The zero-order valence-corrected chi connectivity index (χ0v) is 14.2. The average Bonchev–Trinajstić information content (AvgIpc) is 2.60. The molecule has 128 valence electrons. The van der Waals surface area contributed by atoms with Gasteiger partial charge in [-0.25, -0.2) is 0 Å². The summed E-state index contributed by atoms with van der Waals surface area (Å²) in [7, 11) is 3.96. The highest BCUT2D eigenvalue weighted by molar-refractivity contribution is 6.10. The first-order valence-corrected chi connectivity index (χ1v) is 8.27. The topological polar surface area (TPSA) is 64.0 Å². The third-order valence-electron chi connectivity index (χ3n) is 4.75. The Balaban J connectivity index is 2.00. The largest absolute Gasteiger partial charge is 0.393 e. The quantitative estimate of drug-likeness (QED) is 0.903. The molecule has 1 aliphatic rings. The lowest BCUT2D eigenvalue weighted by atomic mass is 9.92. The summed E-state index contributed by atoms with van der Waals surface area (Å²) in [5, 5.41) is 21.7. The van der Waals surface area contributed by atoms with Gasteiger partial charge in [0.05, 0.1) is 13.2 Å². The van der Waals surface area contributed by atoms with Crippen LogP contribution in [-0.4, -0.2) is 60.4 Å². The van der Waals surface area contributed by atoms with Gasteiger partial charge in [0.15, 0.2) is 0 Å². The van der Waals surface area contributed by atoms with E-state index in [-0.39, 0.29) is 19.1 Å². The van der Waals surface area contributed by atoms with Gasteiger partial charge in [-0.05, 0) is 30.4 Å². The van der Waals surface area contributed by atoms with Crippen LogP contribution in [0, 0.1) is 0 Å². The minimum absolute atomic E-state index is 0.0944. The molecule has 0 radical (unpaired) electrons. The van der Waals surface area contributed by atoms with Crippen molar-refractivity contribution in [2.45, 2.75) is 18.4 Å². The number of piperidine rings is 1. The lowest BCUT2D eigenvalue weighted by molar-refractivity contribution is -0.0598. The molecule has 24 heavy (non-hydrogen) atoms. The highest BCUT2D eigenvalue weighted by atomic mass is 16.3. The molecule has 2 aromatic rings. The van der Waals surface area contributed by atoms with E-state index in [9.17, 15) is 15.0 Å². The standard InChI is InChI=1S/C19H24N2O3/c1-20(2)17-9-8-16(14-6-3-4-7-15(14)17)18(23)21-11-5-10-19(24,12-21)13-22/h3-4,6-9,22,24H,5,10-13H2,1-2H3. The van der Waals surface area contributed by atoms with Crippen molar-refractivity contribution in [1.29, 1.82) is 0 Å². The molecule has 1 fully saturated rings. The monoisotopic (exact) mass is 328 g/mol. The highest BCUT2D eigenvalue weighted by Gasteiger charge is 2.35. The lowest BCUT2D eigenvalue weighted by Gasteiger charge is -2.38. The number of β-amino-alcohol motifs (C(OH)–C–C–N with tert-alkyl or cyclic N) is 1. The van der Waals surface area contributed by atoms with E-state index in [0.29, 0.717) is 24.9 Å². The summed E-state index contributed by atoms with van der Waals surface area (Å²) in [6, 6.07) is 11.7. The van der Waals surface area contributed by atoms with E-state index in [2.05, 4.69) is 0 Å². The Labute approximate surface area is 142 Å². The second-order valence-corrected chi connectivity index (χ2v) is 6.78. The molecule has 0 spiro atoms. The lowest BCUT2D eigenvalue weighted by Crippen LogP contribution is -2.52. The summed E-state index contributed by atoms with van der Waals surface area (Å²) in [5.41, 5.74) is 0.513. The number of amides is 1. The van der Waals surface area contributed by atoms with E-state index in [0.717, 1.165) is 16.5 Å². The maximum absolute atomic E-state index is 13.0. The molecule has 1 amide bonds. The number of carbonyl (C=O) groups excluding carboxylic acids is 1. The number of nitrogens with zero attached hydrogens (tertiary/aromatic N) is 2. The van der Waals surface area contributed by atoms with Crippen molar-refractivity contribution in [2.75, 3.05) is 38.7 Å². The molecule has 3 rings (SSSR count). The van der Waals surface area contributed by atoms with Gasteiger partial charge in [0.2, 0.25) is 0 Å². The molecule has 0 aliphatic carbocycles. The van der Waals surface area contributed by atoms with E-state index in [1.807, 2.05) is 55.4 Å². The number of carbonyl (C=O) groups is 1. The zero-order valence-electron chi connectivity index (χ0n) is 14.2. The van der Waals surface area contributed by atoms with Gasteiger partial charge in [-0.15, -0.1) is 0 Å². The summed E-state index contributed by atoms with van der Waals surface area (Å²) in [6.45, 7) is 0.452. The van der Waals surface area contributed by atoms with Gasteiger partial charge < -0.3 is 20.0 Å². The van der Waals surface area contributed by atoms with Gasteiger partial charge in [0, 0.05) is 37.3 Å². The number of anilines is 1. The fourth-order valence-corrected chi connectivity index (χ4v) is 3.44. The van der Waals surface area contributed by atoms with E-state index < -0.39 is 5.60 Å². The summed E-state index contributed by atoms with van der Waals surface area (Å²) in [4.78, 5) is 16.7. The average molecular weight is 328 g/mol. The fraction of sp³-hybridized carbons (Fsp3) is 0.421. The molecule has 2 aromatic carbocycles. The van der Waals surface area contributed by atoms with Gasteiger partial charge in [0.1, 0.15) is 5.60 Å². The number of likely N-dealkylation sites (tertiary alicyclic amines) is 1. The molecule has 1 heterocycles. The Kier molecular flexibility index (Phi) is 4.47. The Bertz CT molecular complexity index is 759. The number of aliphatic hydroxyl groups is 2. The number of hydrogen-bond acceptors (Lipinski definition) is 4. The van der Waals surface area contributed by atoms with E-state index >= 15 is 0 Å². The van der Waals surface area contributed by atoms with Crippen molar-refractivity contribution < 1.29 is 15.0 Å². The third kappa shape index (κ3) is 2.97. The number of hydrogen-bond donors (Lipinski definition) is 2. The van der Waals surface area contributed by atoms with E-state index in [4.69, 9.17) is 0 Å². The van der Waals surface area contributed by atoms with Gasteiger partial charge in [-0.3, -0.25) is 4.79 Å². The first-order valence-electron chi connectivity index (χ1n) is 8.27. The zero-order chi connectivity index (χ0) is 17.3. The van der Waals surface area contributed by atoms with Crippen LogP contribution in [0.25, 0.3) is 10.8 Å². The summed E-state index contributed by atoms with van der Waals surface area (Å²) >= 11 is 0. The van der Waals surface area contributed by atoms with E-state index in [1.165, 1.54) is 0 Å². The summed E-state index contributed by atoms with van der Waals surface area (Å²) in [5.74, 6) is -0.0944. The predicted octanol–water partition coefficient (Wildman–Crippen LogP) is 1.87. The van der Waals surface area contributed by atoms with Crippen LogP contribution in [0.1, 0.15) is 23.2 Å². The second kappa shape index (κ2) is 6.42. The van der Waals surface area contributed by atoms with Crippen LogP contribution in [0.5, 0.6) is 0 Å². The van der Waals surface area contributed by atoms with Crippen LogP contribution in [0.3, 0.4) is 0 Å². The van der Waals surface area contributed by atoms with Crippen LogP contribution in [-0.2, 0) is 0 Å². The van der Waals surface area contributed by atoms with Crippen molar-refractivity contribution >= 4 is 22.4 Å². The molecular weight excluding hydrogens is 304 g/mol. The SMILES string of the molecule is CN(C)c1ccc(C(=O)N2CCCC(O)(CO)C2)c2ccccc12. The van der Waals surface area contributed by atoms with Crippen LogP contribution in [0.15, 0.2) is 36.4 Å². The first-order chi connectivity index (χ1) is 11.4. The number of fused-ring (bicyclic) bond motifs is 1. The maximum atomic E-state index is 13.0. The minimum Gasteiger partial charge on any atom is -0.393 e. The molecule has 0 bridgehead atoms.